The van der Waals surface area contributed by atoms with Gasteiger partial charge in [-0.05, 0) is 60.7 Å². The Morgan fingerprint density at radius 2 is 1.51 bits per heavy atom. The summed E-state index contributed by atoms with van der Waals surface area (Å²) in [5.74, 6) is -2.98. The second-order valence-corrected chi connectivity index (χ2v) is 10.6. The second kappa shape index (κ2) is 9.28. The van der Waals surface area contributed by atoms with Crippen molar-refractivity contribution in [1.29, 1.82) is 0 Å². The van der Waals surface area contributed by atoms with Gasteiger partial charge in [-0.2, -0.15) is 0 Å². The third-order valence-electron chi connectivity index (χ3n) is 6.89. The molecule has 3 aliphatic rings. The first-order chi connectivity index (χ1) is 16.7. The number of ether oxygens (including phenoxy) is 1. The molecule has 1 aliphatic heterocycles. The topological polar surface area (TPSA) is 92.8 Å². The fraction of sp³-hybridized carbons (Fsp3) is 0.333. The van der Waals surface area contributed by atoms with E-state index < -0.39 is 30.3 Å². The number of anilines is 2. The van der Waals surface area contributed by atoms with Crippen LogP contribution in [0.4, 0.5) is 11.4 Å². The summed E-state index contributed by atoms with van der Waals surface area (Å²) < 4.78 is 5.06. The van der Waals surface area contributed by atoms with E-state index in [1.807, 2.05) is 0 Å². The lowest BCUT2D eigenvalue weighted by atomic mass is 9.80. The maximum Gasteiger partial charge on any atom is 0.338 e. The molecule has 0 spiro atoms. The van der Waals surface area contributed by atoms with Crippen LogP contribution >= 0.6 is 46.4 Å². The third kappa shape index (κ3) is 4.18. The minimum atomic E-state index is -0.732. The molecule has 182 valence electrons. The van der Waals surface area contributed by atoms with Gasteiger partial charge in [-0.1, -0.05) is 23.2 Å². The van der Waals surface area contributed by atoms with E-state index in [4.69, 9.17) is 51.1 Å². The average Bonchev–Trinajstić information content (AvgIpc) is 3.45. The van der Waals surface area contributed by atoms with Gasteiger partial charge in [-0.15, -0.1) is 23.2 Å². The summed E-state index contributed by atoms with van der Waals surface area (Å²) >= 11 is 24.5. The Labute approximate surface area is 220 Å². The molecule has 35 heavy (non-hydrogen) atoms. The van der Waals surface area contributed by atoms with Crippen LogP contribution in [-0.4, -0.2) is 41.1 Å². The van der Waals surface area contributed by atoms with Gasteiger partial charge in [0.2, 0.25) is 11.8 Å². The van der Waals surface area contributed by atoms with Gasteiger partial charge in [-0.3, -0.25) is 19.3 Å². The van der Waals surface area contributed by atoms with E-state index in [-0.39, 0.29) is 45.0 Å². The number of nitrogens with zero attached hydrogens (tertiary/aromatic N) is 1. The van der Waals surface area contributed by atoms with Gasteiger partial charge in [0.05, 0.1) is 43.9 Å². The smallest absolute Gasteiger partial charge is 0.338 e. The molecule has 2 aromatic rings. The number of esters is 1. The molecule has 2 aromatic carbocycles. The number of fused-ring (bicyclic) bond motifs is 5. The highest BCUT2D eigenvalue weighted by molar-refractivity contribution is 6.42. The van der Waals surface area contributed by atoms with E-state index >= 15 is 0 Å². The molecule has 1 saturated heterocycles. The number of amides is 3. The number of halogens is 4. The predicted octanol–water partition coefficient (Wildman–Crippen LogP) is 4.76. The van der Waals surface area contributed by atoms with Crippen LogP contribution < -0.4 is 10.2 Å². The van der Waals surface area contributed by atoms with Crippen LogP contribution in [0.3, 0.4) is 0 Å². The zero-order valence-corrected chi connectivity index (χ0v) is 20.9. The number of hydrogen-bond acceptors (Lipinski definition) is 5. The number of nitrogens with one attached hydrogen (secondary N) is 1. The Bertz CT molecular complexity index is 1200. The summed E-state index contributed by atoms with van der Waals surface area (Å²) in [7, 11) is 0. The summed E-state index contributed by atoms with van der Waals surface area (Å²) in [5, 5.41) is 2.52. The monoisotopic (exact) mass is 554 g/mol. The zero-order chi connectivity index (χ0) is 25.0. The maximum absolute atomic E-state index is 13.1. The molecule has 6 atom stereocenters. The highest BCUT2D eigenvalue weighted by Gasteiger charge is 2.66. The van der Waals surface area contributed by atoms with Crippen molar-refractivity contribution in [1.82, 2.24) is 0 Å². The molecule has 0 radical (unpaired) electrons. The van der Waals surface area contributed by atoms with Crippen molar-refractivity contribution in [3.8, 4) is 0 Å². The summed E-state index contributed by atoms with van der Waals surface area (Å²) in [6.07, 6.45) is 0.687. The minimum Gasteiger partial charge on any atom is -0.452 e. The van der Waals surface area contributed by atoms with Crippen molar-refractivity contribution in [2.75, 3.05) is 16.8 Å². The third-order valence-corrected chi connectivity index (χ3v) is 8.94. The van der Waals surface area contributed by atoms with Crippen molar-refractivity contribution >= 4 is 81.5 Å². The van der Waals surface area contributed by atoms with Crippen molar-refractivity contribution in [3.05, 3.63) is 58.1 Å². The number of carbonyl (C=O) groups excluding carboxylic acids is 4. The minimum absolute atomic E-state index is 0.111. The van der Waals surface area contributed by atoms with Crippen molar-refractivity contribution < 1.29 is 23.9 Å². The van der Waals surface area contributed by atoms with Crippen LogP contribution in [0.25, 0.3) is 0 Å². The number of rotatable bonds is 5. The number of imide groups is 1. The molecular weight excluding hydrogens is 538 g/mol. The Morgan fingerprint density at radius 1 is 0.914 bits per heavy atom. The van der Waals surface area contributed by atoms with Gasteiger partial charge in [0.15, 0.2) is 6.61 Å². The molecule has 3 fully saturated rings. The zero-order valence-electron chi connectivity index (χ0n) is 17.9. The molecule has 2 bridgehead atoms. The SMILES string of the molecule is O=C(COC(=O)c1ccc(N2C(=O)[C@@H]3[C@H]4C[C@@H]([C@@H](Cl)[C@H]4Cl)[C@H]3C2=O)cc1)Nc1ccc(Cl)c(Cl)c1. The maximum atomic E-state index is 13.1. The summed E-state index contributed by atoms with van der Waals surface area (Å²) in [4.78, 5) is 51.8. The van der Waals surface area contributed by atoms with Crippen LogP contribution in [0, 0.1) is 23.7 Å². The van der Waals surface area contributed by atoms with Gasteiger partial charge < -0.3 is 10.1 Å². The normalized spacial score (nSPS) is 28.9. The lowest BCUT2D eigenvalue weighted by Crippen LogP contribution is -2.37. The Morgan fingerprint density at radius 3 is 2.09 bits per heavy atom. The molecule has 1 heterocycles. The molecule has 1 N–H and O–H groups in total. The summed E-state index contributed by atoms with van der Waals surface area (Å²) in [6.45, 7) is -0.519. The van der Waals surface area contributed by atoms with E-state index in [0.29, 0.717) is 22.8 Å². The molecule has 5 rings (SSSR count). The fourth-order valence-corrected chi connectivity index (χ4v) is 6.53. The average molecular weight is 556 g/mol. The molecule has 3 amide bonds. The second-order valence-electron chi connectivity index (χ2n) is 8.82. The highest BCUT2D eigenvalue weighted by Crippen LogP contribution is 2.59. The van der Waals surface area contributed by atoms with E-state index in [1.165, 1.54) is 36.4 Å². The van der Waals surface area contributed by atoms with E-state index in [9.17, 15) is 19.2 Å². The molecule has 0 aromatic heterocycles. The van der Waals surface area contributed by atoms with Crippen LogP contribution in [-0.2, 0) is 19.1 Å². The van der Waals surface area contributed by atoms with Crippen LogP contribution in [0.5, 0.6) is 0 Å². The quantitative estimate of drug-likeness (QED) is 0.326. The lowest BCUT2D eigenvalue weighted by Gasteiger charge is -2.28. The Balaban J connectivity index is 1.21. The van der Waals surface area contributed by atoms with Gasteiger partial charge in [-0.25, -0.2) is 4.79 Å². The molecule has 2 saturated carbocycles. The predicted molar refractivity (Wildman–Crippen MR) is 132 cm³/mol. The van der Waals surface area contributed by atoms with Gasteiger partial charge in [0, 0.05) is 5.69 Å². The van der Waals surface area contributed by atoms with E-state index in [0.717, 1.165) is 4.90 Å². The lowest BCUT2D eigenvalue weighted by molar-refractivity contribution is -0.123. The number of carbonyl (C=O) groups is 4. The highest BCUT2D eigenvalue weighted by atomic mass is 35.5. The number of hydrogen-bond donors (Lipinski definition) is 1. The van der Waals surface area contributed by atoms with E-state index in [1.54, 1.807) is 6.07 Å². The first-order valence-electron chi connectivity index (χ1n) is 10.9. The number of alkyl halides is 2. The first kappa shape index (κ1) is 24.4. The van der Waals surface area contributed by atoms with Crippen LogP contribution in [0.15, 0.2) is 42.5 Å². The fourth-order valence-electron chi connectivity index (χ4n) is 5.34. The molecular formula is C24H18Cl4N2O5. The summed E-state index contributed by atoms with van der Waals surface area (Å²) in [6, 6.07) is 10.4. The van der Waals surface area contributed by atoms with Gasteiger partial charge >= 0.3 is 5.97 Å². The first-order valence-corrected chi connectivity index (χ1v) is 12.5. The largest absolute Gasteiger partial charge is 0.452 e. The molecule has 0 unspecified atom stereocenters. The Hall–Kier alpha value is -2.32. The molecule has 11 heteroatoms. The van der Waals surface area contributed by atoms with Crippen LogP contribution in [0.2, 0.25) is 10.0 Å². The Kier molecular flexibility index (Phi) is 6.46. The van der Waals surface area contributed by atoms with Gasteiger partial charge in [0.1, 0.15) is 0 Å². The molecule has 2 aliphatic carbocycles. The molecule has 7 nitrogen and oxygen atoms in total. The standard InChI is InChI=1S/C24H18Cl4N2O5/c25-15-6-3-11(7-16(15)26)29-17(31)9-35-24(34)10-1-4-12(5-2-10)30-22(32)18-13-8-14(19(18)23(30)33)21(28)20(13)27/h1-7,13-14,18-21H,8-9H2,(H,29,31)/t13-,14-,18-,19-,20-,21+/m1/s1. The van der Waals surface area contributed by atoms with Crippen molar-refractivity contribution in [2.45, 2.75) is 17.2 Å². The summed E-state index contributed by atoms with van der Waals surface area (Å²) in [5.41, 5.74) is 0.931. The van der Waals surface area contributed by atoms with Crippen LogP contribution in [0.1, 0.15) is 16.8 Å². The van der Waals surface area contributed by atoms with E-state index in [2.05, 4.69) is 5.32 Å². The van der Waals surface area contributed by atoms with Crippen molar-refractivity contribution in [2.24, 2.45) is 23.7 Å². The van der Waals surface area contributed by atoms with Crippen molar-refractivity contribution in [3.63, 3.8) is 0 Å². The van der Waals surface area contributed by atoms with Gasteiger partial charge in [0.25, 0.3) is 5.91 Å². The number of benzene rings is 2.